The van der Waals surface area contributed by atoms with Gasteiger partial charge in [0.05, 0.1) is 32.8 Å². The highest BCUT2D eigenvalue weighted by molar-refractivity contribution is 5.94. The van der Waals surface area contributed by atoms with Crippen LogP contribution in [-0.4, -0.2) is 79.7 Å². The largest absolute Gasteiger partial charge is 0.481 e. The molecular weight excluding hydrogens is 364 g/mol. The van der Waals surface area contributed by atoms with Gasteiger partial charge in [-0.15, -0.1) is 0 Å². The minimum Gasteiger partial charge on any atom is -0.481 e. The van der Waals surface area contributed by atoms with Crippen LogP contribution in [-0.2, 0) is 38.2 Å². The van der Waals surface area contributed by atoms with Crippen molar-refractivity contribution < 1.29 is 63.8 Å². The quantitative estimate of drug-likeness (QED) is 0.195. The van der Waals surface area contributed by atoms with Crippen molar-refractivity contribution in [3.05, 3.63) is 0 Å². The van der Waals surface area contributed by atoms with Crippen LogP contribution in [0.15, 0.2) is 0 Å². The van der Waals surface area contributed by atoms with Gasteiger partial charge in [-0.1, -0.05) is 0 Å². The molecule has 0 saturated carbocycles. The molecule has 0 aliphatic heterocycles. The van der Waals surface area contributed by atoms with E-state index in [-0.39, 0.29) is 0 Å². The van der Waals surface area contributed by atoms with E-state index in [4.69, 9.17) is 15.3 Å². The Balaban J connectivity index is 5.05. The molecule has 0 radical (unpaired) electrons. The van der Waals surface area contributed by atoms with Gasteiger partial charge in [0.15, 0.2) is 11.2 Å². The second-order valence-corrected chi connectivity index (χ2v) is 5.20. The lowest BCUT2D eigenvalue weighted by atomic mass is 9.95. The molecular formula is C13H16O13. The third-order valence-electron chi connectivity index (χ3n) is 3.01. The van der Waals surface area contributed by atoms with Crippen molar-refractivity contribution in [2.75, 3.05) is 7.11 Å². The molecule has 26 heavy (non-hydrogen) atoms. The number of carboxylic acid groups (broad SMARTS) is 3. The number of hydrogen-bond acceptors (Lipinski definition) is 10. The van der Waals surface area contributed by atoms with Gasteiger partial charge in [-0.05, 0) is 0 Å². The van der Waals surface area contributed by atoms with Gasteiger partial charge in [-0.2, -0.15) is 0 Å². The lowest BCUT2D eigenvalue weighted by Gasteiger charge is -2.22. The molecule has 0 saturated heterocycles. The Hall–Kier alpha value is -3.06. The molecule has 2 unspecified atom stereocenters. The van der Waals surface area contributed by atoms with Crippen molar-refractivity contribution in [2.24, 2.45) is 0 Å². The third-order valence-corrected chi connectivity index (χ3v) is 3.01. The highest BCUT2D eigenvalue weighted by Gasteiger charge is 2.44. The summed E-state index contributed by atoms with van der Waals surface area (Å²) in [7, 11) is 0.891. The highest BCUT2D eigenvalue weighted by atomic mass is 16.6. The summed E-state index contributed by atoms with van der Waals surface area (Å²) in [5, 5.41) is 45.6. The predicted molar refractivity (Wildman–Crippen MR) is 74.4 cm³/mol. The first kappa shape index (κ1) is 22.9. The van der Waals surface area contributed by atoms with Gasteiger partial charge < -0.3 is 35.0 Å². The Kier molecular flexibility index (Phi) is 7.82. The zero-order valence-electron chi connectivity index (χ0n) is 13.3. The van der Waals surface area contributed by atoms with E-state index in [0.29, 0.717) is 0 Å². The molecule has 146 valence electrons. The number of aliphatic hydroxyl groups is 2. The molecule has 0 amide bonds. The summed E-state index contributed by atoms with van der Waals surface area (Å²) >= 11 is 0. The molecule has 0 aliphatic rings. The van der Waals surface area contributed by atoms with Crippen LogP contribution in [0.5, 0.6) is 0 Å². The number of methoxy groups -OCH3 is 1. The molecule has 0 aromatic heterocycles. The number of esters is 3. The van der Waals surface area contributed by atoms with E-state index < -0.39 is 72.7 Å². The number of rotatable bonds is 10. The summed E-state index contributed by atoms with van der Waals surface area (Å²) in [6, 6.07) is 0. The van der Waals surface area contributed by atoms with Crippen LogP contribution >= 0.6 is 0 Å². The monoisotopic (exact) mass is 380 g/mol. The first-order chi connectivity index (χ1) is 11.8. The Bertz CT molecular complexity index is 624. The molecule has 0 aromatic carbocycles. The molecule has 0 aliphatic carbocycles. The highest BCUT2D eigenvalue weighted by Crippen LogP contribution is 2.20. The van der Waals surface area contributed by atoms with E-state index in [1.54, 1.807) is 0 Å². The van der Waals surface area contributed by atoms with Crippen molar-refractivity contribution in [3.63, 3.8) is 0 Å². The second kappa shape index (κ2) is 8.87. The van der Waals surface area contributed by atoms with E-state index in [0.717, 1.165) is 7.11 Å². The van der Waals surface area contributed by atoms with Crippen molar-refractivity contribution in [1.29, 1.82) is 0 Å². The first-order valence-electron chi connectivity index (χ1n) is 6.69. The van der Waals surface area contributed by atoms with Gasteiger partial charge in [0, 0.05) is 0 Å². The fraction of sp³-hybridized carbons (Fsp3) is 0.538. The van der Waals surface area contributed by atoms with Crippen molar-refractivity contribution >= 4 is 35.8 Å². The van der Waals surface area contributed by atoms with Crippen LogP contribution in [0.3, 0.4) is 0 Å². The molecule has 13 heteroatoms. The van der Waals surface area contributed by atoms with Gasteiger partial charge >= 0.3 is 35.8 Å². The molecule has 2 atom stereocenters. The summed E-state index contributed by atoms with van der Waals surface area (Å²) in [5.74, 6) is -10.4. The van der Waals surface area contributed by atoms with Gasteiger partial charge in [0.1, 0.15) is 0 Å². The smallest absolute Gasteiger partial charge is 0.336 e. The third kappa shape index (κ3) is 6.82. The lowest BCUT2D eigenvalue weighted by Crippen LogP contribution is -2.45. The van der Waals surface area contributed by atoms with Crippen molar-refractivity contribution in [1.82, 2.24) is 0 Å². The van der Waals surface area contributed by atoms with Crippen LogP contribution in [0.25, 0.3) is 0 Å². The molecule has 13 nitrogen and oxygen atoms in total. The lowest BCUT2D eigenvalue weighted by molar-refractivity contribution is -0.179. The first-order valence-corrected chi connectivity index (χ1v) is 6.69. The van der Waals surface area contributed by atoms with Gasteiger partial charge in [0.2, 0.25) is 0 Å². The average molecular weight is 380 g/mol. The van der Waals surface area contributed by atoms with Crippen LogP contribution in [0.1, 0.15) is 25.7 Å². The van der Waals surface area contributed by atoms with E-state index in [1.807, 2.05) is 0 Å². The number of carboxylic acids is 3. The topological polar surface area (TPSA) is 222 Å². The molecule has 0 rings (SSSR count). The van der Waals surface area contributed by atoms with Crippen LogP contribution in [0, 0.1) is 0 Å². The summed E-state index contributed by atoms with van der Waals surface area (Å²) in [4.78, 5) is 66.6. The Morgan fingerprint density at radius 1 is 0.692 bits per heavy atom. The van der Waals surface area contributed by atoms with E-state index in [1.165, 1.54) is 0 Å². The van der Waals surface area contributed by atoms with Crippen molar-refractivity contribution in [2.45, 2.75) is 36.9 Å². The molecule has 0 bridgehead atoms. The van der Waals surface area contributed by atoms with E-state index in [2.05, 4.69) is 9.47 Å². The second-order valence-electron chi connectivity index (χ2n) is 5.20. The summed E-state index contributed by atoms with van der Waals surface area (Å²) < 4.78 is 8.22. The van der Waals surface area contributed by atoms with Gasteiger partial charge in [0.25, 0.3) is 0 Å². The summed E-state index contributed by atoms with van der Waals surface area (Å²) in [6.45, 7) is 0. The van der Waals surface area contributed by atoms with Crippen LogP contribution in [0.2, 0.25) is 0 Å². The summed E-state index contributed by atoms with van der Waals surface area (Å²) in [6.07, 6.45) is -5.36. The Morgan fingerprint density at radius 2 is 1.04 bits per heavy atom. The molecule has 0 aromatic rings. The predicted octanol–water partition coefficient (Wildman–Crippen LogP) is -2.49. The number of aliphatic carboxylic acids is 3. The van der Waals surface area contributed by atoms with Gasteiger partial charge in [-0.25, -0.2) is 9.59 Å². The number of hydrogen-bond donors (Lipinski definition) is 5. The van der Waals surface area contributed by atoms with Crippen LogP contribution in [0.4, 0.5) is 0 Å². The van der Waals surface area contributed by atoms with Gasteiger partial charge in [-0.3, -0.25) is 19.2 Å². The van der Waals surface area contributed by atoms with E-state index >= 15 is 0 Å². The molecule has 0 fully saturated rings. The zero-order chi connectivity index (χ0) is 20.7. The normalized spacial score (nSPS) is 15.0. The standard InChI is InChI=1S/C13H16O13/c1-25-7(16)3-13(24,11(21)22)5-9(18)26-8(17)4-12(23,10(19)20)2-6(14)15/h23-24H,2-5H2,1H3,(H,14,15)(H,19,20)(H,21,22). The minimum atomic E-state index is -3.07. The summed E-state index contributed by atoms with van der Waals surface area (Å²) in [5.41, 5.74) is -6.03. The SMILES string of the molecule is COC(=O)CC(O)(CC(=O)OC(=O)CC(O)(CC(=O)O)C(=O)O)C(=O)O. The average Bonchev–Trinajstić information content (AvgIpc) is 2.44. The van der Waals surface area contributed by atoms with Crippen LogP contribution < -0.4 is 0 Å². The molecule has 5 N–H and O–H groups in total. The molecule has 0 spiro atoms. The molecule has 0 heterocycles. The van der Waals surface area contributed by atoms with E-state index in [9.17, 15) is 39.0 Å². The minimum absolute atomic E-state index is 0.891. The maximum absolute atomic E-state index is 11.6. The number of ether oxygens (including phenoxy) is 2. The Morgan fingerprint density at radius 3 is 1.35 bits per heavy atom. The fourth-order valence-electron chi connectivity index (χ4n) is 1.67. The zero-order valence-corrected chi connectivity index (χ0v) is 13.3. The maximum atomic E-state index is 11.6. The maximum Gasteiger partial charge on any atom is 0.336 e. The number of carbonyl (C=O) groups is 6. The fourth-order valence-corrected chi connectivity index (χ4v) is 1.67. The number of carbonyl (C=O) groups excluding carboxylic acids is 3. The Labute approximate surface area is 144 Å². The van der Waals surface area contributed by atoms with Crippen molar-refractivity contribution in [3.8, 4) is 0 Å².